The summed E-state index contributed by atoms with van der Waals surface area (Å²) < 4.78 is 0. The number of benzene rings is 1. The molecule has 2 aliphatic heterocycles. The number of rotatable bonds is 9. The number of carbonyl (C=O) groups excluding carboxylic acids is 4. The molecule has 37 heavy (non-hydrogen) atoms. The maximum absolute atomic E-state index is 13.7. The van der Waals surface area contributed by atoms with E-state index in [1.165, 1.54) is 21.1 Å². The molecule has 1 aromatic heterocycles. The number of nitrogens with one attached hydrogen (secondary N) is 1. The number of aliphatic hydroxyl groups excluding tert-OH is 1. The lowest BCUT2D eigenvalue weighted by atomic mass is 10.0. The first-order chi connectivity index (χ1) is 17.7. The first-order valence-electron chi connectivity index (χ1n) is 13.0. The molecule has 0 saturated carbocycles. The van der Waals surface area contributed by atoms with E-state index in [1.54, 1.807) is 6.07 Å². The Morgan fingerprint density at radius 2 is 1.81 bits per heavy atom. The van der Waals surface area contributed by atoms with E-state index in [4.69, 9.17) is 0 Å². The first-order valence-corrected chi connectivity index (χ1v) is 13.8. The number of aliphatic hydroxyl groups is 1. The van der Waals surface area contributed by atoms with E-state index >= 15 is 0 Å². The highest BCUT2D eigenvalue weighted by Gasteiger charge is 2.52. The van der Waals surface area contributed by atoms with Gasteiger partial charge in [-0.05, 0) is 42.9 Å². The fraction of sp³-hybridized carbons (Fsp3) is 0.500. The highest BCUT2D eigenvalue weighted by Crippen LogP contribution is 2.32. The number of fused-ring (bicyclic) bond motifs is 1. The van der Waals surface area contributed by atoms with Crippen LogP contribution in [-0.2, 0) is 14.4 Å². The molecular weight excluding hydrogens is 490 g/mol. The van der Waals surface area contributed by atoms with Crippen molar-refractivity contribution in [3.63, 3.8) is 0 Å². The summed E-state index contributed by atoms with van der Waals surface area (Å²) in [5, 5.41) is 13.1. The molecule has 198 valence electrons. The summed E-state index contributed by atoms with van der Waals surface area (Å²) in [5.74, 6) is -1.13. The molecule has 3 amide bonds. The smallest absolute Gasteiger partial charge is 0.262 e. The molecule has 2 aromatic rings. The third kappa shape index (κ3) is 5.78. The molecule has 2 fully saturated rings. The van der Waals surface area contributed by atoms with Gasteiger partial charge in [0.25, 0.3) is 11.8 Å². The quantitative estimate of drug-likeness (QED) is 0.523. The van der Waals surface area contributed by atoms with Gasteiger partial charge in [0.15, 0.2) is 5.78 Å². The number of carbonyl (C=O) groups is 4. The summed E-state index contributed by atoms with van der Waals surface area (Å²) in [4.78, 5) is 57.0. The Kier molecular flexibility index (Phi) is 8.44. The fourth-order valence-electron chi connectivity index (χ4n) is 5.29. The largest absolute Gasteiger partial charge is 0.383 e. The predicted molar refractivity (Wildman–Crippen MR) is 142 cm³/mol. The number of amides is 3. The molecule has 8 nitrogen and oxygen atoms in total. The monoisotopic (exact) mass is 525 g/mol. The van der Waals surface area contributed by atoms with Crippen LogP contribution in [0, 0.1) is 5.92 Å². The highest BCUT2D eigenvalue weighted by atomic mass is 32.1. The molecule has 2 N–H and O–H groups in total. The lowest BCUT2D eigenvalue weighted by Gasteiger charge is -2.29. The van der Waals surface area contributed by atoms with Crippen LogP contribution in [-0.4, -0.2) is 75.7 Å². The van der Waals surface area contributed by atoms with E-state index in [-0.39, 0.29) is 30.1 Å². The van der Waals surface area contributed by atoms with Crippen molar-refractivity contribution in [3.8, 4) is 10.4 Å². The van der Waals surface area contributed by atoms with Crippen molar-refractivity contribution in [1.29, 1.82) is 0 Å². The van der Waals surface area contributed by atoms with Gasteiger partial charge < -0.3 is 20.2 Å². The maximum Gasteiger partial charge on any atom is 0.262 e. The van der Waals surface area contributed by atoms with E-state index < -0.39 is 30.1 Å². The van der Waals surface area contributed by atoms with Gasteiger partial charge >= 0.3 is 0 Å². The molecule has 0 radical (unpaired) electrons. The van der Waals surface area contributed by atoms with Gasteiger partial charge in [-0.3, -0.25) is 19.2 Å². The molecule has 2 saturated heterocycles. The average molecular weight is 526 g/mol. The molecule has 3 heterocycles. The van der Waals surface area contributed by atoms with Gasteiger partial charge in [-0.2, -0.15) is 0 Å². The summed E-state index contributed by atoms with van der Waals surface area (Å²) in [6, 6.07) is 11.5. The van der Waals surface area contributed by atoms with Crippen LogP contribution in [0.5, 0.6) is 0 Å². The lowest BCUT2D eigenvalue weighted by Crippen LogP contribution is -2.53. The number of Topliss-reactive ketones (excluding diaryl/α,β-unsaturated/α-hetero) is 1. The second kappa shape index (κ2) is 11.6. The SMILES string of the molecule is CCCC(O)C(=O)N1CC(=O)C2C1CCN2C(=O)C(CC(C)C)NC(=O)c1ccc(-c2ccccc2)s1. The average Bonchev–Trinajstić information content (AvgIpc) is 3.60. The molecule has 4 unspecified atom stereocenters. The maximum atomic E-state index is 13.7. The number of thiophene rings is 1. The van der Waals surface area contributed by atoms with Crippen molar-refractivity contribution in [2.75, 3.05) is 13.1 Å². The van der Waals surface area contributed by atoms with Gasteiger partial charge in [0, 0.05) is 11.4 Å². The molecule has 2 aliphatic rings. The molecule has 4 rings (SSSR count). The Hall–Kier alpha value is -3.04. The molecule has 1 aromatic carbocycles. The van der Waals surface area contributed by atoms with Crippen molar-refractivity contribution in [2.45, 2.75) is 70.7 Å². The van der Waals surface area contributed by atoms with Gasteiger partial charge in [-0.15, -0.1) is 11.3 Å². The van der Waals surface area contributed by atoms with E-state index in [0.717, 1.165) is 10.4 Å². The standard InChI is InChI=1S/C28H35N3O5S/c1-4-8-21(32)28(36)31-16-22(33)25-20(31)13-14-30(25)27(35)19(15-17(2)3)29-26(34)24-12-11-23(37-24)18-9-6-5-7-10-18/h5-7,9-12,17,19-21,25,32H,4,8,13-16H2,1-3H3,(H,29,34). The van der Waals surface area contributed by atoms with Crippen LogP contribution in [0.3, 0.4) is 0 Å². The van der Waals surface area contributed by atoms with E-state index in [0.29, 0.717) is 37.1 Å². The summed E-state index contributed by atoms with van der Waals surface area (Å²) in [6.07, 6.45) is 0.754. The van der Waals surface area contributed by atoms with Gasteiger partial charge in [0.2, 0.25) is 5.91 Å². The number of ketones is 1. The third-order valence-corrected chi connectivity index (χ3v) is 8.17. The van der Waals surface area contributed by atoms with Crippen LogP contribution in [0.4, 0.5) is 0 Å². The summed E-state index contributed by atoms with van der Waals surface area (Å²) in [5.41, 5.74) is 1.02. The third-order valence-electron chi connectivity index (χ3n) is 7.03. The molecule has 0 spiro atoms. The molecule has 4 atom stereocenters. The summed E-state index contributed by atoms with van der Waals surface area (Å²) in [7, 11) is 0. The van der Waals surface area contributed by atoms with E-state index in [1.807, 2.05) is 57.2 Å². The topological polar surface area (TPSA) is 107 Å². The zero-order chi connectivity index (χ0) is 26.7. The zero-order valence-corrected chi connectivity index (χ0v) is 22.4. The predicted octanol–water partition coefficient (Wildman–Crippen LogP) is 3.10. The Balaban J connectivity index is 1.48. The van der Waals surface area contributed by atoms with Crippen molar-refractivity contribution in [1.82, 2.24) is 15.1 Å². The molecular formula is C28H35N3O5S. The lowest BCUT2D eigenvalue weighted by molar-refractivity contribution is -0.142. The Bertz CT molecular complexity index is 1150. The van der Waals surface area contributed by atoms with Crippen LogP contribution >= 0.6 is 11.3 Å². The minimum atomic E-state index is -1.14. The first kappa shape index (κ1) is 27.0. The number of likely N-dealkylation sites (tertiary alicyclic amines) is 2. The number of nitrogens with zero attached hydrogens (tertiary/aromatic N) is 2. The van der Waals surface area contributed by atoms with E-state index in [9.17, 15) is 24.3 Å². The van der Waals surface area contributed by atoms with Crippen molar-refractivity contribution in [2.24, 2.45) is 5.92 Å². The van der Waals surface area contributed by atoms with Crippen LogP contribution < -0.4 is 5.32 Å². The Labute approximate surface area is 221 Å². The van der Waals surface area contributed by atoms with Crippen LogP contribution in [0.2, 0.25) is 0 Å². The molecule has 0 aliphatic carbocycles. The van der Waals surface area contributed by atoms with Crippen molar-refractivity contribution in [3.05, 3.63) is 47.3 Å². The van der Waals surface area contributed by atoms with Gasteiger partial charge in [0.05, 0.1) is 17.5 Å². The minimum Gasteiger partial charge on any atom is -0.383 e. The molecule has 0 bridgehead atoms. The van der Waals surface area contributed by atoms with Gasteiger partial charge in [0.1, 0.15) is 18.2 Å². The van der Waals surface area contributed by atoms with Crippen LogP contribution in [0.1, 0.15) is 56.1 Å². The number of hydrogen-bond acceptors (Lipinski definition) is 6. The summed E-state index contributed by atoms with van der Waals surface area (Å²) in [6.45, 7) is 6.07. The van der Waals surface area contributed by atoms with Crippen LogP contribution in [0.25, 0.3) is 10.4 Å². The van der Waals surface area contributed by atoms with Crippen molar-refractivity contribution >= 4 is 34.8 Å². The fourth-order valence-corrected chi connectivity index (χ4v) is 6.20. The van der Waals surface area contributed by atoms with E-state index in [2.05, 4.69) is 5.32 Å². The normalized spacial score (nSPS) is 20.7. The highest BCUT2D eigenvalue weighted by molar-refractivity contribution is 7.17. The van der Waals surface area contributed by atoms with Gasteiger partial charge in [-0.25, -0.2) is 0 Å². The minimum absolute atomic E-state index is 0.0998. The Morgan fingerprint density at radius 1 is 1.08 bits per heavy atom. The summed E-state index contributed by atoms with van der Waals surface area (Å²) >= 11 is 1.37. The number of hydrogen-bond donors (Lipinski definition) is 2. The van der Waals surface area contributed by atoms with Crippen LogP contribution in [0.15, 0.2) is 42.5 Å². The van der Waals surface area contributed by atoms with Gasteiger partial charge in [-0.1, -0.05) is 57.5 Å². The second-order valence-electron chi connectivity index (χ2n) is 10.3. The molecule has 9 heteroatoms. The second-order valence-corrected chi connectivity index (χ2v) is 11.3. The van der Waals surface area contributed by atoms with Crippen molar-refractivity contribution < 1.29 is 24.3 Å². The Morgan fingerprint density at radius 3 is 2.49 bits per heavy atom. The zero-order valence-electron chi connectivity index (χ0n) is 21.6.